The maximum Gasteiger partial charge on any atom is -0.0162 e. The van der Waals surface area contributed by atoms with Crippen LogP contribution in [-0.2, 0) is 0 Å². The van der Waals surface area contributed by atoms with E-state index in [0.29, 0.717) is 0 Å². The lowest BCUT2D eigenvalue weighted by molar-refractivity contribution is 0.443. The Bertz CT molecular complexity index is 513. The summed E-state index contributed by atoms with van der Waals surface area (Å²) in [7, 11) is 0. The lowest BCUT2D eigenvalue weighted by Crippen LogP contribution is -2.04. The first kappa shape index (κ1) is 12.5. The lowest BCUT2D eigenvalue weighted by atomic mass is 9.84. The summed E-state index contributed by atoms with van der Waals surface area (Å²) in [6.45, 7) is 2.13. The molecule has 1 fully saturated rings. The van der Waals surface area contributed by atoms with Gasteiger partial charge in [-0.15, -0.1) is 0 Å². The number of aryl methyl sites for hydroxylation is 1. The Hall–Kier alpha value is -1.56. The molecule has 1 aliphatic rings. The quantitative estimate of drug-likeness (QED) is 0.640. The zero-order chi connectivity index (χ0) is 13.1. The summed E-state index contributed by atoms with van der Waals surface area (Å²) in [5.74, 6) is 0.806. The monoisotopic (exact) mass is 250 g/mol. The zero-order valence-corrected chi connectivity index (χ0v) is 11.7. The molecule has 1 aliphatic carbocycles. The summed E-state index contributed by atoms with van der Waals surface area (Å²) in [6, 6.07) is 18.0. The van der Waals surface area contributed by atoms with E-state index >= 15 is 0 Å². The van der Waals surface area contributed by atoms with E-state index in [2.05, 4.69) is 55.5 Å². The van der Waals surface area contributed by atoms with Crippen LogP contribution in [0.25, 0.3) is 11.1 Å². The van der Waals surface area contributed by atoms with E-state index in [0.717, 1.165) is 5.92 Å². The van der Waals surface area contributed by atoms with Crippen LogP contribution in [0.5, 0.6) is 0 Å². The molecule has 0 amide bonds. The van der Waals surface area contributed by atoms with E-state index in [1.807, 2.05) is 0 Å². The third kappa shape index (κ3) is 2.89. The summed E-state index contributed by atoms with van der Waals surface area (Å²) in [4.78, 5) is 0. The normalized spacial score (nSPS) is 16.5. The van der Waals surface area contributed by atoms with Gasteiger partial charge >= 0.3 is 0 Å². The van der Waals surface area contributed by atoms with Crippen LogP contribution in [0.2, 0.25) is 0 Å². The van der Waals surface area contributed by atoms with E-state index in [1.165, 1.54) is 54.4 Å². The second-order valence-electron chi connectivity index (χ2n) is 5.82. The molecule has 3 rings (SSSR count). The van der Waals surface area contributed by atoms with Crippen molar-refractivity contribution in [3.63, 3.8) is 0 Å². The summed E-state index contributed by atoms with van der Waals surface area (Å²) >= 11 is 0. The average Bonchev–Trinajstić information content (AvgIpc) is 2.49. The van der Waals surface area contributed by atoms with Gasteiger partial charge in [0.2, 0.25) is 0 Å². The minimum atomic E-state index is 0.806. The van der Waals surface area contributed by atoms with Crippen LogP contribution < -0.4 is 0 Å². The van der Waals surface area contributed by atoms with Crippen molar-refractivity contribution in [3.05, 3.63) is 59.7 Å². The molecule has 2 aromatic rings. The predicted molar refractivity (Wildman–Crippen MR) is 82.4 cm³/mol. The van der Waals surface area contributed by atoms with Crippen molar-refractivity contribution in [1.29, 1.82) is 0 Å². The van der Waals surface area contributed by atoms with Gasteiger partial charge in [0.05, 0.1) is 0 Å². The Kier molecular flexibility index (Phi) is 3.68. The fourth-order valence-electron chi connectivity index (χ4n) is 3.13. The Morgan fingerprint density at radius 3 is 1.79 bits per heavy atom. The van der Waals surface area contributed by atoms with Crippen molar-refractivity contribution in [2.75, 3.05) is 0 Å². The van der Waals surface area contributed by atoms with Crippen LogP contribution >= 0.6 is 0 Å². The second kappa shape index (κ2) is 5.61. The van der Waals surface area contributed by atoms with Crippen LogP contribution in [0.15, 0.2) is 48.5 Å². The Balaban J connectivity index is 1.80. The van der Waals surface area contributed by atoms with Crippen LogP contribution in [-0.4, -0.2) is 0 Å². The molecular formula is C19H22. The highest BCUT2D eigenvalue weighted by Crippen LogP contribution is 2.33. The smallest absolute Gasteiger partial charge is 0.0162 e. The van der Waals surface area contributed by atoms with Crippen molar-refractivity contribution in [3.8, 4) is 11.1 Å². The van der Waals surface area contributed by atoms with Gasteiger partial charge in [0.15, 0.2) is 0 Å². The predicted octanol–water partition coefficient (Wildman–Crippen LogP) is 5.71. The highest BCUT2D eigenvalue weighted by molar-refractivity contribution is 5.64. The average molecular weight is 250 g/mol. The van der Waals surface area contributed by atoms with Crippen molar-refractivity contribution >= 4 is 0 Å². The number of rotatable bonds is 2. The van der Waals surface area contributed by atoms with Crippen LogP contribution in [0.4, 0.5) is 0 Å². The highest BCUT2D eigenvalue weighted by Gasteiger charge is 2.15. The number of benzene rings is 2. The molecule has 0 aliphatic heterocycles. The van der Waals surface area contributed by atoms with Gasteiger partial charge in [0.1, 0.15) is 0 Å². The molecule has 19 heavy (non-hydrogen) atoms. The molecule has 0 spiro atoms. The summed E-state index contributed by atoms with van der Waals surface area (Å²) in [5, 5.41) is 0. The molecule has 98 valence electrons. The standard InChI is InChI=1S/C19H22/c1-15-7-9-17(10-8-15)19-13-11-18(12-14-19)16-5-3-2-4-6-16/h7-14,16H,2-6H2,1H3. The van der Waals surface area contributed by atoms with Gasteiger partial charge in [-0.25, -0.2) is 0 Å². The molecule has 0 nitrogen and oxygen atoms in total. The zero-order valence-electron chi connectivity index (χ0n) is 11.7. The molecule has 0 unspecified atom stereocenters. The Morgan fingerprint density at radius 1 is 0.684 bits per heavy atom. The first-order valence-corrected chi connectivity index (χ1v) is 7.50. The second-order valence-corrected chi connectivity index (χ2v) is 5.82. The number of hydrogen-bond acceptors (Lipinski definition) is 0. The van der Waals surface area contributed by atoms with Crippen molar-refractivity contribution in [1.82, 2.24) is 0 Å². The van der Waals surface area contributed by atoms with Gasteiger partial charge < -0.3 is 0 Å². The number of hydrogen-bond donors (Lipinski definition) is 0. The first-order chi connectivity index (χ1) is 9.33. The topological polar surface area (TPSA) is 0 Å². The van der Waals surface area contributed by atoms with Gasteiger partial charge in [-0.1, -0.05) is 73.4 Å². The van der Waals surface area contributed by atoms with E-state index in [9.17, 15) is 0 Å². The Labute approximate surface area is 116 Å². The van der Waals surface area contributed by atoms with Gasteiger partial charge in [0.25, 0.3) is 0 Å². The minimum absolute atomic E-state index is 0.806. The first-order valence-electron chi connectivity index (χ1n) is 7.50. The largest absolute Gasteiger partial charge is 0.0587 e. The third-order valence-electron chi connectivity index (χ3n) is 4.37. The summed E-state index contributed by atoms with van der Waals surface area (Å²) < 4.78 is 0. The van der Waals surface area contributed by atoms with Gasteiger partial charge in [-0.2, -0.15) is 0 Å². The maximum absolute atomic E-state index is 2.34. The van der Waals surface area contributed by atoms with E-state index < -0.39 is 0 Å². The summed E-state index contributed by atoms with van der Waals surface area (Å²) in [5.41, 5.74) is 5.51. The van der Waals surface area contributed by atoms with Crippen LogP contribution in [0.1, 0.15) is 49.1 Å². The molecule has 2 aromatic carbocycles. The van der Waals surface area contributed by atoms with Crippen LogP contribution in [0.3, 0.4) is 0 Å². The van der Waals surface area contributed by atoms with Crippen molar-refractivity contribution < 1.29 is 0 Å². The van der Waals surface area contributed by atoms with E-state index in [-0.39, 0.29) is 0 Å². The van der Waals surface area contributed by atoms with Crippen LogP contribution in [0, 0.1) is 6.92 Å². The minimum Gasteiger partial charge on any atom is -0.0587 e. The molecule has 1 saturated carbocycles. The fourth-order valence-corrected chi connectivity index (χ4v) is 3.13. The fraction of sp³-hybridized carbons (Fsp3) is 0.368. The molecule has 0 atom stereocenters. The van der Waals surface area contributed by atoms with Gasteiger partial charge in [-0.05, 0) is 42.4 Å². The molecule has 0 bridgehead atoms. The molecular weight excluding hydrogens is 228 g/mol. The van der Waals surface area contributed by atoms with Gasteiger partial charge in [0, 0.05) is 0 Å². The van der Waals surface area contributed by atoms with Gasteiger partial charge in [-0.3, -0.25) is 0 Å². The molecule has 0 saturated heterocycles. The lowest BCUT2D eigenvalue weighted by Gasteiger charge is -2.22. The third-order valence-corrected chi connectivity index (χ3v) is 4.37. The van der Waals surface area contributed by atoms with E-state index in [4.69, 9.17) is 0 Å². The maximum atomic E-state index is 2.34. The molecule has 0 radical (unpaired) electrons. The Morgan fingerprint density at radius 2 is 1.21 bits per heavy atom. The molecule has 0 N–H and O–H groups in total. The molecule has 0 heteroatoms. The van der Waals surface area contributed by atoms with E-state index in [1.54, 1.807) is 0 Å². The van der Waals surface area contributed by atoms with Crippen molar-refractivity contribution in [2.24, 2.45) is 0 Å². The van der Waals surface area contributed by atoms with Crippen molar-refractivity contribution in [2.45, 2.75) is 44.9 Å². The summed E-state index contributed by atoms with van der Waals surface area (Å²) in [6.07, 6.45) is 7.00. The molecule has 0 aromatic heterocycles. The SMILES string of the molecule is Cc1ccc(-c2ccc(C3CCCCC3)cc2)cc1. The molecule has 0 heterocycles. The highest BCUT2D eigenvalue weighted by atomic mass is 14.2.